The SMILES string of the molecule is COc1ccccc1C1(O)CSCCC1(C)C. The van der Waals surface area contributed by atoms with E-state index in [-0.39, 0.29) is 5.41 Å². The molecule has 1 aliphatic rings. The lowest BCUT2D eigenvalue weighted by Gasteiger charge is -2.46. The molecule has 1 heterocycles. The van der Waals surface area contributed by atoms with Gasteiger partial charge < -0.3 is 9.84 Å². The fraction of sp³-hybridized carbons (Fsp3) is 0.571. The van der Waals surface area contributed by atoms with Crippen LogP contribution in [0.2, 0.25) is 0 Å². The Kier molecular flexibility index (Phi) is 3.41. The average Bonchev–Trinajstić information content (AvgIpc) is 2.33. The summed E-state index contributed by atoms with van der Waals surface area (Å²) in [4.78, 5) is 0. The van der Waals surface area contributed by atoms with E-state index in [1.165, 1.54) is 0 Å². The molecule has 0 spiro atoms. The van der Waals surface area contributed by atoms with E-state index in [0.717, 1.165) is 29.2 Å². The third kappa shape index (κ3) is 2.06. The van der Waals surface area contributed by atoms with Gasteiger partial charge in [0.2, 0.25) is 0 Å². The van der Waals surface area contributed by atoms with Crippen molar-refractivity contribution in [3.63, 3.8) is 0 Å². The van der Waals surface area contributed by atoms with E-state index in [0.29, 0.717) is 0 Å². The van der Waals surface area contributed by atoms with Gasteiger partial charge in [0.15, 0.2) is 0 Å². The largest absolute Gasteiger partial charge is 0.496 e. The standard InChI is InChI=1S/C14H20O2S/c1-13(2)8-9-17-10-14(13,15)11-6-4-5-7-12(11)16-3/h4-7,15H,8-10H2,1-3H3. The van der Waals surface area contributed by atoms with E-state index >= 15 is 0 Å². The molecule has 1 aromatic carbocycles. The van der Waals surface area contributed by atoms with E-state index in [9.17, 15) is 5.11 Å². The summed E-state index contributed by atoms with van der Waals surface area (Å²) in [5.74, 6) is 2.63. The molecule has 1 atom stereocenters. The molecule has 0 aromatic heterocycles. The van der Waals surface area contributed by atoms with E-state index < -0.39 is 5.60 Å². The topological polar surface area (TPSA) is 29.5 Å². The second-order valence-electron chi connectivity index (χ2n) is 5.25. The number of ether oxygens (including phenoxy) is 1. The molecule has 2 rings (SSSR count). The van der Waals surface area contributed by atoms with Crippen molar-refractivity contribution in [1.82, 2.24) is 0 Å². The predicted molar refractivity (Wildman–Crippen MR) is 72.6 cm³/mol. The van der Waals surface area contributed by atoms with Gasteiger partial charge in [-0.25, -0.2) is 0 Å². The van der Waals surface area contributed by atoms with Crippen LogP contribution in [0.4, 0.5) is 0 Å². The molecule has 0 aliphatic carbocycles. The van der Waals surface area contributed by atoms with Gasteiger partial charge in [-0.15, -0.1) is 0 Å². The molecule has 1 aromatic rings. The Morgan fingerprint density at radius 1 is 1.29 bits per heavy atom. The van der Waals surface area contributed by atoms with Gasteiger partial charge in [-0.2, -0.15) is 11.8 Å². The maximum atomic E-state index is 11.1. The fourth-order valence-corrected chi connectivity index (χ4v) is 4.02. The first kappa shape index (κ1) is 12.8. The predicted octanol–water partition coefficient (Wildman–Crippen LogP) is 3.05. The summed E-state index contributed by atoms with van der Waals surface area (Å²) in [7, 11) is 1.66. The highest BCUT2D eigenvalue weighted by molar-refractivity contribution is 7.99. The van der Waals surface area contributed by atoms with Crippen molar-refractivity contribution < 1.29 is 9.84 Å². The van der Waals surface area contributed by atoms with Crippen molar-refractivity contribution in [2.24, 2.45) is 5.41 Å². The zero-order valence-electron chi connectivity index (χ0n) is 10.7. The van der Waals surface area contributed by atoms with Gasteiger partial charge in [-0.3, -0.25) is 0 Å². The second-order valence-corrected chi connectivity index (χ2v) is 6.35. The molecular formula is C14H20O2S. The minimum atomic E-state index is -0.803. The first-order valence-corrected chi connectivity index (χ1v) is 7.10. The van der Waals surface area contributed by atoms with Crippen LogP contribution in [0, 0.1) is 5.41 Å². The van der Waals surface area contributed by atoms with Crippen molar-refractivity contribution in [1.29, 1.82) is 0 Å². The molecular weight excluding hydrogens is 232 g/mol. The Morgan fingerprint density at radius 3 is 2.65 bits per heavy atom. The number of rotatable bonds is 2. The molecule has 0 saturated carbocycles. The molecule has 1 N–H and O–H groups in total. The van der Waals surface area contributed by atoms with Crippen LogP contribution in [0.25, 0.3) is 0 Å². The number of methoxy groups -OCH3 is 1. The minimum absolute atomic E-state index is 0.118. The molecule has 1 fully saturated rings. The Bertz CT molecular complexity index is 403. The summed E-state index contributed by atoms with van der Waals surface area (Å²) >= 11 is 1.81. The lowest BCUT2D eigenvalue weighted by molar-refractivity contribution is -0.0593. The third-order valence-corrected chi connectivity index (χ3v) is 4.97. The first-order chi connectivity index (χ1) is 8.01. The molecule has 3 heteroatoms. The Labute approximate surface area is 107 Å². The van der Waals surface area contributed by atoms with Crippen molar-refractivity contribution in [3.8, 4) is 5.75 Å². The minimum Gasteiger partial charge on any atom is -0.496 e. The smallest absolute Gasteiger partial charge is 0.124 e. The molecule has 0 radical (unpaired) electrons. The van der Waals surface area contributed by atoms with E-state index in [2.05, 4.69) is 13.8 Å². The molecule has 2 nitrogen and oxygen atoms in total. The highest BCUT2D eigenvalue weighted by Crippen LogP contribution is 2.50. The summed E-state index contributed by atoms with van der Waals surface area (Å²) in [5, 5.41) is 11.1. The number of aliphatic hydroxyl groups is 1. The van der Waals surface area contributed by atoms with Crippen LogP contribution < -0.4 is 4.74 Å². The second kappa shape index (κ2) is 4.54. The number of hydrogen-bond acceptors (Lipinski definition) is 3. The molecule has 1 saturated heterocycles. The lowest BCUT2D eigenvalue weighted by Crippen LogP contribution is -2.47. The Morgan fingerprint density at radius 2 is 2.00 bits per heavy atom. The third-order valence-electron chi connectivity index (χ3n) is 3.85. The monoisotopic (exact) mass is 252 g/mol. The number of thioether (sulfide) groups is 1. The van der Waals surface area contributed by atoms with Crippen LogP contribution in [0.5, 0.6) is 5.75 Å². The molecule has 17 heavy (non-hydrogen) atoms. The van der Waals surface area contributed by atoms with Crippen LogP contribution in [-0.2, 0) is 5.60 Å². The van der Waals surface area contributed by atoms with E-state index in [1.54, 1.807) is 7.11 Å². The van der Waals surface area contributed by atoms with Crippen LogP contribution in [-0.4, -0.2) is 23.7 Å². The zero-order chi connectivity index (χ0) is 12.5. The van der Waals surface area contributed by atoms with Crippen molar-refractivity contribution in [2.45, 2.75) is 25.9 Å². The highest BCUT2D eigenvalue weighted by Gasteiger charge is 2.48. The van der Waals surface area contributed by atoms with Gasteiger partial charge >= 0.3 is 0 Å². The van der Waals surface area contributed by atoms with Gasteiger partial charge in [0, 0.05) is 11.3 Å². The number of benzene rings is 1. The van der Waals surface area contributed by atoms with Crippen molar-refractivity contribution in [3.05, 3.63) is 29.8 Å². The Hall–Kier alpha value is -0.670. The summed E-state index contributed by atoms with van der Waals surface area (Å²) < 4.78 is 5.39. The van der Waals surface area contributed by atoms with Crippen LogP contribution in [0.15, 0.2) is 24.3 Å². The van der Waals surface area contributed by atoms with Crippen LogP contribution in [0.1, 0.15) is 25.8 Å². The van der Waals surface area contributed by atoms with Gasteiger partial charge in [-0.1, -0.05) is 32.0 Å². The fourth-order valence-electron chi connectivity index (χ4n) is 2.38. The highest BCUT2D eigenvalue weighted by atomic mass is 32.2. The summed E-state index contributed by atoms with van der Waals surface area (Å²) in [6, 6.07) is 7.80. The van der Waals surface area contributed by atoms with Gasteiger partial charge in [0.1, 0.15) is 11.4 Å². The van der Waals surface area contributed by atoms with Crippen molar-refractivity contribution in [2.75, 3.05) is 18.6 Å². The maximum Gasteiger partial charge on any atom is 0.124 e. The van der Waals surface area contributed by atoms with Gasteiger partial charge in [0.05, 0.1) is 7.11 Å². The van der Waals surface area contributed by atoms with Crippen LogP contribution >= 0.6 is 11.8 Å². The zero-order valence-corrected chi connectivity index (χ0v) is 11.5. The molecule has 1 aliphatic heterocycles. The van der Waals surface area contributed by atoms with Crippen molar-refractivity contribution >= 4 is 11.8 Å². The molecule has 0 bridgehead atoms. The van der Waals surface area contributed by atoms with E-state index in [1.807, 2.05) is 36.0 Å². The molecule has 1 unspecified atom stereocenters. The molecule has 94 valence electrons. The number of para-hydroxylation sites is 1. The molecule has 0 amide bonds. The quantitative estimate of drug-likeness (QED) is 0.877. The normalized spacial score (nSPS) is 27.8. The first-order valence-electron chi connectivity index (χ1n) is 5.95. The van der Waals surface area contributed by atoms with Crippen LogP contribution in [0.3, 0.4) is 0 Å². The Balaban J connectivity index is 2.49. The summed E-state index contributed by atoms with van der Waals surface area (Å²) in [6.07, 6.45) is 1.02. The lowest BCUT2D eigenvalue weighted by atomic mass is 9.69. The summed E-state index contributed by atoms with van der Waals surface area (Å²) in [5.41, 5.74) is -0.00484. The average molecular weight is 252 g/mol. The van der Waals surface area contributed by atoms with Gasteiger partial charge in [-0.05, 0) is 23.7 Å². The van der Waals surface area contributed by atoms with Gasteiger partial charge in [0.25, 0.3) is 0 Å². The van der Waals surface area contributed by atoms with E-state index in [4.69, 9.17) is 4.74 Å². The number of hydrogen-bond donors (Lipinski definition) is 1. The summed E-state index contributed by atoms with van der Waals surface area (Å²) in [6.45, 7) is 4.28. The maximum absolute atomic E-state index is 11.1.